The van der Waals surface area contributed by atoms with Gasteiger partial charge in [0, 0.05) is 28.4 Å². The minimum Gasteiger partial charge on any atom is -0.322 e. The smallest absolute Gasteiger partial charge is 0.248 e. The molecule has 0 radical (unpaired) electrons. The summed E-state index contributed by atoms with van der Waals surface area (Å²) >= 11 is 7.44. The Morgan fingerprint density at radius 3 is 3.14 bits per heavy atom. The average molecular weight is 318 g/mol. The molecule has 0 saturated heterocycles. The molecule has 106 valence electrons. The van der Waals surface area contributed by atoms with Gasteiger partial charge < -0.3 is 5.32 Å². The number of amides is 1. The number of benzene rings is 1. The second-order valence-electron chi connectivity index (χ2n) is 4.52. The molecule has 0 unspecified atom stereocenters. The summed E-state index contributed by atoms with van der Waals surface area (Å²) in [6.45, 7) is 1.90. The molecule has 2 heterocycles. The van der Waals surface area contributed by atoms with E-state index >= 15 is 0 Å². The van der Waals surface area contributed by atoms with Crippen molar-refractivity contribution in [3.05, 3.63) is 58.3 Å². The number of hydrogen-bond donors (Lipinski definition) is 1. The van der Waals surface area contributed by atoms with Crippen molar-refractivity contribution in [3.63, 3.8) is 0 Å². The van der Waals surface area contributed by atoms with Crippen molar-refractivity contribution < 1.29 is 4.79 Å². The third kappa shape index (κ3) is 2.99. The standard InChI is InChI=1S/C15H12ClN3OS/c1-10-8-11(16)2-4-13(10)18-14(20)5-3-12-9-17-15-19(12)6-7-21-15/h2-9H,1H3,(H,18,20)/b5-3+. The summed E-state index contributed by atoms with van der Waals surface area (Å²) in [5.41, 5.74) is 2.55. The van der Waals surface area contributed by atoms with Crippen LogP contribution >= 0.6 is 22.9 Å². The molecule has 3 rings (SSSR count). The van der Waals surface area contributed by atoms with E-state index in [1.54, 1.807) is 35.7 Å². The van der Waals surface area contributed by atoms with Gasteiger partial charge in [0.1, 0.15) is 0 Å². The van der Waals surface area contributed by atoms with Crippen LogP contribution in [0.25, 0.3) is 11.0 Å². The van der Waals surface area contributed by atoms with E-state index in [0.717, 1.165) is 21.9 Å². The lowest BCUT2D eigenvalue weighted by Crippen LogP contribution is -2.08. The molecule has 2 aromatic heterocycles. The van der Waals surface area contributed by atoms with Gasteiger partial charge in [0.15, 0.2) is 4.96 Å². The lowest BCUT2D eigenvalue weighted by Gasteiger charge is -2.06. The van der Waals surface area contributed by atoms with Gasteiger partial charge in [-0.05, 0) is 36.8 Å². The lowest BCUT2D eigenvalue weighted by molar-refractivity contribution is -0.111. The van der Waals surface area contributed by atoms with Crippen LogP contribution in [0.3, 0.4) is 0 Å². The Kier molecular flexibility index (Phi) is 3.77. The van der Waals surface area contributed by atoms with E-state index in [0.29, 0.717) is 5.02 Å². The van der Waals surface area contributed by atoms with Gasteiger partial charge in [-0.2, -0.15) is 0 Å². The van der Waals surface area contributed by atoms with Crippen molar-refractivity contribution in [2.24, 2.45) is 0 Å². The fourth-order valence-corrected chi connectivity index (χ4v) is 2.90. The van der Waals surface area contributed by atoms with Crippen LogP contribution in [-0.4, -0.2) is 15.3 Å². The topological polar surface area (TPSA) is 46.4 Å². The van der Waals surface area contributed by atoms with E-state index in [-0.39, 0.29) is 5.91 Å². The highest BCUT2D eigenvalue weighted by Gasteiger charge is 2.04. The van der Waals surface area contributed by atoms with Gasteiger partial charge in [-0.25, -0.2) is 4.98 Å². The minimum atomic E-state index is -0.189. The average Bonchev–Trinajstić information content (AvgIpc) is 3.03. The zero-order valence-electron chi connectivity index (χ0n) is 11.2. The van der Waals surface area contributed by atoms with Crippen LogP contribution in [0.4, 0.5) is 5.69 Å². The highest BCUT2D eigenvalue weighted by Crippen LogP contribution is 2.19. The highest BCUT2D eigenvalue weighted by atomic mass is 35.5. The van der Waals surface area contributed by atoms with Crippen LogP contribution in [0.5, 0.6) is 0 Å². The number of imidazole rings is 1. The maximum absolute atomic E-state index is 12.0. The van der Waals surface area contributed by atoms with Gasteiger partial charge in [-0.1, -0.05) is 11.6 Å². The number of carbonyl (C=O) groups is 1. The molecule has 1 amide bonds. The highest BCUT2D eigenvalue weighted by molar-refractivity contribution is 7.15. The first-order valence-corrected chi connectivity index (χ1v) is 7.55. The number of rotatable bonds is 3. The number of carbonyl (C=O) groups excluding carboxylic acids is 1. The molecule has 0 bridgehead atoms. The molecule has 0 saturated carbocycles. The molecule has 6 heteroatoms. The van der Waals surface area contributed by atoms with Gasteiger partial charge in [0.25, 0.3) is 0 Å². The molecule has 3 aromatic rings. The number of nitrogens with zero attached hydrogens (tertiary/aromatic N) is 2. The molecule has 4 nitrogen and oxygen atoms in total. The summed E-state index contributed by atoms with van der Waals surface area (Å²) in [6, 6.07) is 5.35. The number of nitrogens with one attached hydrogen (secondary N) is 1. The number of fused-ring (bicyclic) bond motifs is 1. The molecule has 0 spiro atoms. The Balaban J connectivity index is 1.74. The van der Waals surface area contributed by atoms with Crippen LogP contribution in [0.2, 0.25) is 5.02 Å². The van der Waals surface area contributed by atoms with Crippen LogP contribution in [0, 0.1) is 6.92 Å². The molecule has 0 aliphatic carbocycles. The van der Waals surface area contributed by atoms with E-state index < -0.39 is 0 Å². The van der Waals surface area contributed by atoms with Gasteiger partial charge in [0.2, 0.25) is 5.91 Å². The predicted molar refractivity (Wildman–Crippen MR) is 86.9 cm³/mol. The minimum absolute atomic E-state index is 0.189. The maximum Gasteiger partial charge on any atom is 0.248 e. The van der Waals surface area contributed by atoms with E-state index in [4.69, 9.17) is 11.6 Å². The summed E-state index contributed by atoms with van der Waals surface area (Å²) < 4.78 is 1.93. The maximum atomic E-state index is 12.0. The van der Waals surface area contributed by atoms with Crippen LogP contribution in [0.15, 0.2) is 42.0 Å². The largest absolute Gasteiger partial charge is 0.322 e. The Labute approximate surface area is 130 Å². The lowest BCUT2D eigenvalue weighted by atomic mass is 10.2. The third-order valence-corrected chi connectivity index (χ3v) is 4.03. The van der Waals surface area contributed by atoms with Crippen molar-refractivity contribution in [2.45, 2.75) is 6.92 Å². The van der Waals surface area contributed by atoms with Gasteiger partial charge >= 0.3 is 0 Å². The summed E-state index contributed by atoms with van der Waals surface area (Å²) in [6.07, 6.45) is 6.90. The number of aromatic nitrogens is 2. The number of anilines is 1. The molecule has 21 heavy (non-hydrogen) atoms. The van der Waals surface area contributed by atoms with E-state index in [1.165, 1.54) is 6.08 Å². The van der Waals surface area contributed by atoms with Crippen molar-refractivity contribution in [2.75, 3.05) is 5.32 Å². The normalized spacial score (nSPS) is 11.3. The SMILES string of the molecule is Cc1cc(Cl)ccc1NC(=O)/C=C/c1cnc2sccn12. The third-order valence-electron chi connectivity index (χ3n) is 3.03. The van der Waals surface area contributed by atoms with E-state index in [9.17, 15) is 4.79 Å². The number of aryl methyl sites for hydroxylation is 1. The zero-order chi connectivity index (χ0) is 14.8. The molecule has 0 aliphatic rings. The first-order valence-electron chi connectivity index (χ1n) is 6.29. The van der Waals surface area contributed by atoms with Crippen molar-refractivity contribution >= 4 is 45.6 Å². The Morgan fingerprint density at radius 2 is 2.33 bits per heavy atom. The Hall–Kier alpha value is -2.11. The molecule has 0 atom stereocenters. The number of halogens is 1. The fraction of sp³-hybridized carbons (Fsp3) is 0.0667. The summed E-state index contributed by atoms with van der Waals surface area (Å²) in [7, 11) is 0. The molecule has 0 fully saturated rings. The molecule has 1 aromatic carbocycles. The number of thiazole rings is 1. The number of hydrogen-bond acceptors (Lipinski definition) is 3. The Morgan fingerprint density at radius 1 is 1.48 bits per heavy atom. The van der Waals surface area contributed by atoms with Gasteiger partial charge in [-0.3, -0.25) is 9.20 Å². The first kappa shape index (κ1) is 13.9. The van der Waals surface area contributed by atoms with Crippen molar-refractivity contribution in [1.29, 1.82) is 0 Å². The predicted octanol–water partition coefficient (Wildman–Crippen LogP) is 4.01. The van der Waals surface area contributed by atoms with Gasteiger partial charge in [-0.15, -0.1) is 11.3 Å². The molecular formula is C15H12ClN3OS. The molecular weight excluding hydrogens is 306 g/mol. The first-order chi connectivity index (χ1) is 10.1. The van der Waals surface area contributed by atoms with E-state index in [1.807, 2.05) is 29.0 Å². The Bertz CT molecular complexity index is 834. The van der Waals surface area contributed by atoms with E-state index in [2.05, 4.69) is 10.3 Å². The fourth-order valence-electron chi connectivity index (χ4n) is 1.97. The second kappa shape index (κ2) is 5.71. The molecule has 1 N–H and O–H groups in total. The zero-order valence-corrected chi connectivity index (χ0v) is 12.8. The van der Waals surface area contributed by atoms with Crippen LogP contribution in [-0.2, 0) is 4.79 Å². The van der Waals surface area contributed by atoms with Crippen molar-refractivity contribution in [1.82, 2.24) is 9.38 Å². The van der Waals surface area contributed by atoms with Crippen LogP contribution in [0.1, 0.15) is 11.3 Å². The summed E-state index contributed by atoms with van der Waals surface area (Å²) in [5.74, 6) is -0.189. The second-order valence-corrected chi connectivity index (χ2v) is 5.83. The monoisotopic (exact) mass is 317 g/mol. The summed E-state index contributed by atoms with van der Waals surface area (Å²) in [5, 5.41) is 5.44. The molecule has 0 aliphatic heterocycles. The van der Waals surface area contributed by atoms with Crippen molar-refractivity contribution in [3.8, 4) is 0 Å². The quantitative estimate of drug-likeness (QED) is 0.742. The van der Waals surface area contributed by atoms with Gasteiger partial charge in [0.05, 0.1) is 11.9 Å². The van der Waals surface area contributed by atoms with Crippen LogP contribution < -0.4 is 5.32 Å². The summed E-state index contributed by atoms with van der Waals surface area (Å²) in [4.78, 5) is 17.1.